The Morgan fingerprint density at radius 3 is 2.11 bits per heavy atom. The van der Waals surface area contributed by atoms with E-state index in [0.29, 0.717) is 23.7 Å². The van der Waals surface area contributed by atoms with Crippen LogP contribution in [-0.4, -0.2) is 34.0 Å². The zero-order valence-electron chi connectivity index (χ0n) is 24.6. The van der Waals surface area contributed by atoms with Gasteiger partial charge in [-0.1, -0.05) is 48.0 Å². The fourth-order valence-corrected chi connectivity index (χ4v) is 12.6. The van der Waals surface area contributed by atoms with Crippen LogP contribution in [0.2, 0.25) is 0 Å². The number of esters is 1. The SMILES string of the molecule is CC(=O)O[C@@H]1[C@H](O)[C@H]2C(C)(C)CCC[C@]2(C)[C@H]2CC[C@@H]3[C@@]4(C)CC[C@H](C(C)(C)O)[C@@H]4CC[C@@]3(C)[C@]12C. The van der Waals surface area contributed by atoms with Gasteiger partial charge in [0.2, 0.25) is 0 Å². The molecular weight excluding hydrogens is 448 g/mol. The molecule has 5 fully saturated rings. The number of aliphatic hydroxyl groups excluding tert-OH is 1. The average Bonchev–Trinajstić information content (AvgIpc) is 3.08. The lowest BCUT2D eigenvalue weighted by Gasteiger charge is -2.75. The first-order valence-electron chi connectivity index (χ1n) is 15.0. The molecule has 11 atom stereocenters. The first-order chi connectivity index (χ1) is 16.4. The predicted octanol–water partition coefficient (Wildman–Crippen LogP) is 6.76. The molecule has 206 valence electrons. The van der Waals surface area contributed by atoms with Crippen LogP contribution in [0.1, 0.15) is 120 Å². The fourth-order valence-electron chi connectivity index (χ4n) is 12.6. The highest BCUT2D eigenvalue weighted by atomic mass is 16.6. The van der Waals surface area contributed by atoms with Gasteiger partial charge >= 0.3 is 5.97 Å². The van der Waals surface area contributed by atoms with Gasteiger partial charge in [0, 0.05) is 12.3 Å². The van der Waals surface area contributed by atoms with Gasteiger partial charge in [-0.2, -0.15) is 0 Å². The van der Waals surface area contributed by atoms with Crippen molar-refractivity contribution < 1.29 is 19.7 Å². The first kappa shape index (κ1) is 27.0. The van der Waals surface area contributed by atoms with E-state index in [4.69, 9.17) is 4.74 Å². The first-order valence-corrected chi connectivity index (χ1v) is 15.0. The van der Waals surface area contributed by atoms with Crippen LogP contribution in [0, 0.1) is 56.7 Å². The molecule has 0 heterocycles. The summed E-state index contributed by atoms with van der Waals surface area (Å²) in [6, 6.07) is 0. The number of rotatable bonds is 2. The zero-order valence-corrected chi connectivity index (χ0v) is 24.6. The van der Waals surface area contributed by atoms with Crippen molar-refractivity contribution in [2.24, 2.45) is 56.7 Å². The van der Waals surface area contributed by atoms with Gasteiger partial charge in [0.15, 0.2) is 0 Å². The number of ether oxygens (including phenoxy) is 1. The number of carbonyl (C=O) groups is 1. The maximum Gasteiger partial charge on any atom is 0.303 e. The summed E-state index contributed by atoms with van der Waals surface area (Å²) >= 11 is 0. The minimum absolute atomic E-state index is 0.0215. The number of fused-ring (bicyclic) bond motifs is 7. The van der Waals surface area contributed by atoms with E-state index in [1.165, 1.54) is 26.2 Å². The van der Waals surface area contributed by atoms with Crippen molar-refractivity contribution in [3.8, 4) is 0 Å². The maximum atomic E-state index is 12.6. The van der Waals surface area contributed by atoms with Crippen molar-refractivity contribution >= 4 is 5.97 Å². The van der Waals surface area contributed by atoms with Crippen LogP contribution in [0.25, 0.3) is 0 Å². The Labute approximate surface area is 220 Å². The monoisotopic (exact) mass is 502 g/mol. The van der Waals surface area contributed by atoms with Crippen molar-refractivity contribution in [3.63, 3.8) is 0 Å². The van der Waals surface area contributed by atoms with E-state index in [1.807, 2.05) is 13.8 Å². The van der Waals surface area contributed by atoms with Crippen LogP contribution in [0.5, 0.6) is 0 Å². The molecule has 5 aliphatic rings. The van der Waals surface area contributed by atoms with Gasteiger partial charge < -0.3 is 14.9 Å². The third kappa shape index (κ3) is 3.28. The Morgan fingerprint density at radius 1 is 0.861 bits per heavy atom. The van der Waals surface area contributed by atoms with Gasteiger partial charge in [-0.3, -0.25) is 4.79 Å². The average molecular weight is 503 g/mol. The van der Waals surface area contributed by atoms with Crippen LogP contribution in [-0.2, 0) is 9.53 Å². The lowest BCUT2D eigenvalue weighted by molar-refractivity contribution is -0.313. The summed E-state index contributed by atoms with van der Waals surface area (Å²) in [7, 11) is 0. The molecule has 0 radical (unpaired) electrons. The highest BCUT2D eigenvalue weighted by Gasteiger charge is 2.75. The molecule has 0 unspecified atom stereocenters. The molecule has 0 bridgehead atoms. The fraction of sp³-hybridized carbons (Fsp3) is 0.969. The van der Waals surface area contributed by atoms with Gasteiger partial charge in [-0.15, -0.1) is 0 Å². The third-order valence-electron chi connectivity index (χ3n) is 13.9. The van der Waals surface area contributed by atoms with Gasteiger partial charge in [0.1, 0.15) is 6.10 Å². The summed E-state index contributed by atoms with van der Waals surface area (Å²) < 4.78 is 6.27. The standard InChI is InChI=1S/C32H54O4/c1-19(33)36-26-24(34)25-27(2,3)15-10-16-30(25,7)23-12-11-22-29(6)17-13-20(28(4,5)35)21(29)14-18-31(22,8)32(23,26)9/h20-26,34-35H,10-18H2,1-9H3/t20-,21-,22+,23+,24+,25-,26+,29-,30+,31+,32-/m0/s1. The molecule has 4 nitrogen and oxygen atoms in total. The van der Waals surface area contributed by atoms with Crippen molar-refractivity contribution in [1.29, 1.82) is 0 Å². The second kappa shape index (κ2) is 7.96. The third-order valence-corrected chi connectivity index (χ3v) is 13.9. The number of carbonyl (C=O) groups excluding carboxylic acids is 1. The van der Waals surface area contributed by atoms with Crippen LogP contribution >= 0.6 is 0 Å². The Balaban J connectivity index is 1.63. The highest BCUT2D eigenvalue weighted by molar-refractivity contribution is 5.66. The maximum absolute atomic E-state index is 12.6. The lowest BCUT2D eigenvalue weighted by Crippen LogP contribution is -2.74. The lowest BCUT2D eigenvalue weighted by atomic mass is 9.31. The Kier molecular flexibility index (Phi) is 5.97. The summed E-state index contributed by atoms with van der Waals surface area (Å²) in [5, 5.41) is 23.3. The van der Waals surface area contributed by atoms with E-state index in [2.05, 4.69) is 41.5 Å². The van der Waals surface area contributed by atoms with Crippen molar-refractivity contribution in [2.75, 3.05) is 0 Å². The summed E-state index contributed by atoms with van der Waals surface area (Å²) in [6.07, 6.45) is 9.24. The van der Waals surface area contributed by atoms with E-state index < -0.39 is 17.8 Å². The second-order valence-corrected chi connectivity index (χ2v) is 16.2. The smallest absolute Gasteiger partial charge is 0.303 e. The molecule has 5 saturated carbocycles. The minimum atomic E-state index is -0.646. The summed E-state index contributed by atoms with van der Waals surface area (Å²) in [4.78, 5) is 12.6. The summed E-state index contributed by atoms with van der Waals surface area (Å²) in [5.41, 5.74) is -0.691. The number of aliphatic hydroxyl groups is 2. The Hall–Kier alpha value is -0.610. The molecule has 0 spiro atoms. The van der Waals surface area contributed by atoms with Gasteiger partial charge in [-0.05, 0) is 116 Å². The second-order valence-electron chi connectivity index (χ2n) is 16.2. The van der Waals surface area contributed by atoms with E-state index in [0.717, 1.165) is 38.5 Å². The van der Waals surface area contributed by atoms with E-state index >= 15 is 0 Å². The normalized spacial score (nSPS) is 54.0. The molecule has 0 aliphatic heterocycles. The number of hydrogen-bond acceptors (Lipinski definition) is 4. The van der Waals surface area contributed by atoms with E-state index in [-0.39, 0.29) is 39.0 Å². The largest absolute Gasteiger partial charge is 0.459 e. The Bertz CT molecular complexity index is 904. The van der Waals surface area contributed by atoms with Crippen molar-refractivity contribution in [1.82, 2.24) is 0 Å². The molecule has 2 N–H and O–H groups in total. The zero-order chi connectivity index (χ0) is 26.7. The molecule has 36 heavy (non-hydrogen) atoms. The minimum Gasteiger partial charge on any atom is -0.459 e. The van der Waals surface area contributed by atoms with E-state index in [1.54, 1.807) is 0 Å². The quantitative estimate of drug-likeness (QED) is 0.409. The molecule has 0 aromatic heterocycles. The molecule has 0 saturated heterocycles. The molecule has 4 heteroatoms. The van der Waals surface area contributed by atoms with Crippen LogP contribution in [0.15, 0.2) is 0 Å². The van der Waals surface area contributed by atoms with Gasteiger partial charge in [-0.25, -0.2) is 0 Å². The molecule has 5 rings (SSSR count). The Morgan fingerprint density at radius 2 is 1.50 bits per heavy atom. The van der Waals surface area contributed by atoms with Crippen molar-refractivity contribution in [3.05, 3.63) is 0 Å². The highest BCUT2D eigenvalue weighted by Crippen LogP contribution is 2.78. The summed E-state index contributed by atoms with van der Waals surface area (Å²) in [5.74, 6) is 1.70. The van der Waals surface area contributed by atoms with Crippen molar-refractivity contribution in [2.45, 2.75) is 138 Å². The summed E-state index contributed by atoms with van der Waals surface area (Å²) in [6.45, 7) is 20.1. The number of hydrogen-bond donors (Lipinski definition) is 2. The molecule has 5 aliphatic carbocycles. The molecule has 0 amide bonds. The van der Waals surface area contributed by atoms with Gasteiger partial charge in [0.25, 0.3) is 0 Å². The molecule has 0 aromatic carbocycles. The van der Waals surface area contributed by atoms with Crippen LogP contribution in [0.4, 0.5) is 0 Å². The predicted molar refractivity (Wildman–Crippen MR) is 143 cm³/mol. The van der Waals surface area contributed by atoms with Crippen LogP contribution in [0.3, 0.4) is 0 Å². The van der Waals surface area contributed by atoms with Crippen LogP contribution < -0.4 is 0 Å². The van der Waals surface area contributed by atoms with Gasteiger partial charge in [0.05, 0.1) is 11.7 Å². The molecule has 0 aromatic rings. The van der Waals surface area contributed by atoms with E-state index in [9.17, 15) is 15.0 Å². The molecular formula is C32H54O4. The topological polar surface area (TPSA) is 66.8 Å².